The van der Waals surface area contributed by atoms with Crippen LogP contribution in [0.5, 0.6) is 5.75 Å². The number of anilines is 1. The number of carbonyl (C=O) groups is 1. The van der Waals surface area contributed by atoms with Gasteiger partial charge in [-0.3, -0.25) is 4.79 Å². The van der Waals surface area contributed by atoms with Crippen molar-refractivity contribution in [1.29, 1.82) is 0 Å². The summed E-state index contributed by atoms with van der Waals surface area (Å²) in [5, 5.41) is 2.65. The van der Waals surface area contributed by atoms with E-state index in [1.165, 1.54) is 24.3 Å². The third kappa shape index (κ3) is 4.11. The molecule has 1 amide bonds. The van der Waals surface area contributed by atoms with Gasteiger partial charge in [0.2, 0.25) is 0 Å². The number of nitrogens with zero attached hydrogens (tertiary/aromatic N) is 2. The number of hydrogen-bond donors (Lipinski definition) is 1. The highest BCUT2D eigenvalue weighted by Gasteiger charge is 2.10. The highest BCUT2D eigenvalue weighted by molar-refractivity contribution is 5.91. The minimum atomic E-state index is -0.360. The zero-order chi connectivity index (χ0) is 17.6. The van der Waals surface area contributed by atoms with Crippen LogP contribution in [-0.2, 0) is 4.79 Å². The molecule has 5 nitrogen and oxygen atoms in total. The second kappa shape index (κ2) is 7.44. The van der Waals surface area contributed by atoms with Crippen molar-refractivity contribution in [2.75, 3.05) is 11.9 Å². The first-order chi connectivity index (χ1) is 12.1. The number of ether oxygens (including phenoxy) is 1. The van der Waals surface area contributed by atoms with E-state index in [4.69, 9.17) is 4.74 Å². The second-order valence-corrected chi connectivity index (χ2v) is 5.26. The minimum absolute atomic E-state index is 0.175. The number of amides is 1. The van der Waals surface area contributed by atoms with Crippen LogP contribution in [-0.4, -0.2) is 22.1 Å². The van der Waals surface area contributed by atoms with E-state index in [1.54, 1.807) is 29.4 Å². The summed E-state index contributed by atoms with van der Waals surface area (Å²) in [6.07, 6.45) is 5.07. The zero-order valence-electron chi connectivity index (χ0n) is 13.4. The number of para-hydroxylation sites is 1. The number of carbonyl (C=O) groups excluding carboxylic acids is 1. The van der Waals surface area contributed by atoms with E-state index in [1.807, 2.05) is 18.2 Å². The quantitative estimate of drug-likeness (QED) is 0.748. The lowest BCUT2D eigenvalue weighted by molar-refractivity contribution is -0.118. The van der Waals surface area contributed by atoms with E-state index in [9.17, 15) is 9.18 Å². The summed E-state index contributed by atoms with van der Waals surface area (Å²) in [5.74, 6) is -0.161. The monoisotopic (exact) mass is 337 g/mol. The molecule has 6 heteroatoms. The summed E-state index contributed by atoms with van der Waals surface area (Å²) in [7, 11) is 0. The van der Waals surface area contributed by atoms with Gasteiger partial charge in [0.15, 0.2) is 6.61 Å². The SMILES string of the molecule is C=C(c1ccccc1OCC(=O)Nc1ccc(F)cc1)n1ccnc1. The lowest BCUT2D eigenvalue weighted by Gasteiger charge is -2.13. The van der Waals surface area contributed by atoms with Crippen LogP contribution in [0.4, 0.5) is 10.1 Å². The number of nitrogens with one attached hydrogen (secondary N) is 1. The predicted octanol–water partition coefficient (Wildman–Crippen LogP) is 3.56. The number of benzene rings is 2. The number of halogens is 1. The van der Waals surface area contributed by atoms with Gasteiger partial charge in [-0.2, -0.15) is 0 Å². The molecule has 3 aromatic rings. The van der Waals surface area contributed by atoms with Gasteiger partial charge in [0.05, 0.1) is 12.0 Å². The molecule has 1 N–H and O–H groups in total. The lowest BCUT2D eigenvalue weighted by atomic mass is 10.1. The van der Waals surface area contributed by atoms with Crippen LogP contribution < -0.4 is 10.1 Å². The topological polar surface area (TPSA) is 56.1 Å². The van der Waals surface area contributed by atoms with Gasteiger partial charge >= 0.3 is 0 Å². The molecule has 1 heterocycles. The van der Waals surface area contributed by atoms with Gasteiger partial charge in [-0.25, -0.2) is 9.37 Å². The molecule has 3 rings (SSSR count). The Morgan fingerprint density at radius 1 is 1.20 bits per heavy atom. The second-order valence-electron chi connectivity index (χ2n) is 5.26. The Morgan fingerprint density at radius 2 is 1.96 bits per heavy atom. The van der Waals surface area contributed by atoms with Crippen LogP contribution in [0.3, 0.4) is 0 Å². The molecule has 0 aliphatic rings. The molecule has 1 aromatic heterocycles. The van der Waals surface area contributed by atoms with Crippen LogP contribution >= 0.6 is 0 Å². The molecule has 0 aliphatic carbocycles. The fraction of sp³-hybridized carbons (Fsp3) is 0.0526. The molecule has 0 saturated carbocycles. The van der Waals surface area contributed by atoms with E-state index in [0.29, 0.717) is 17.1 Å². The van der Waals surface area contributed by atoms with E-state index in [2.05, 4.69) is 16.9 Å². The van der Waals surface area contributed by atoms with Crippen LogP contribution in [0.2, 0.25) is 0 Å². The van der Waals surface area contributed by atoms with Gasteiger partial charge < -0.3 is 14.6 Å². The Morgan fingerprint density at radius 3 is 2.68 bits per heavy atom. The molecular formula is C19H16FN3O2. The Hall–Kier alpha value is -3.41. The first-order valence-electron chi connectivity index (χ1n) is 7.58. The molecule has 0 atom stereocenters. The Bertz CT molecular complexity index is 874. The number of aromatic nitrogens is 2. The normalized spacial score (nSPS) is 10.3. The Labute approximate surface area is 144 Å². The van der Waals surface area contributed by atoms with Crippen molar-refractivity contribution in [3.63, 3.8) is 0 Å². The largest absolute Gasteiger partial charge is 0.483 e. The van der Waals surface area contributed by atoms with E-state index in [-0.39, 0.29) is 18.3 Å². The maximum Gasteiger partial charge on any atom is 0.262 e. The average molecular weight is 337 g/mol. The van der Waals surface area contributed by atoms with Crippen LogP contribution in [0.25, 0.3) is 5.70 Å². The fourth-order valence-electron chi connectivity index (χ4n) is 2.26. The third-order valence-corrected chi connectivity index (χ3v) is 3.50. The Kier molecular flexibility index (Phi) is 4.89. The molecule has 0 bridgehead atoms. The van der Waals surface area contributed by atoms with Gasteiger partial charge in [-0.1, -0.05) is 18.7 Å². The predicted molar refractivity (Wildman–Crippen MR) is 93.6 cm³/mol. The number of imidazole rings is 1. The molecule has 0 spiro atoms. The molecular weight excluding hydrogens is 321 g/mol. The van der Waals surface area contributed by atoms with E-state index >= 15 is 0 Å². The van der Waals surface area contributed by atoms with Gasteiger partial charge in [-0.15, -0.1) is 0 Å². The summed E-state index contributed by atoms with van der Waals surface area (Å²) in [5.41, 5.74) is 1.95. The van der Waals surface area contributed by atoms with Crippen LogP contribution in [0, 0.1) is 5.82 Å². The van der Waals surface area contributed by atoms with Gasteiger partial charge in [-0.05, 0) is 36.4 Å². The molecule has 0 fully saturated rings. The molecule has 0 saturated heterocycles. The lowest BCUT2D eigenvalue weighted by Crippen LogP contribution is -2.20. The van der Waals surface area contributed by atoms with Crippen molar-refractivity contribution < 1.29 is 13.9 Å². The standard InChI is InChI=1S/C19H16FN3O2/c1-14(23-11-10-21-13-23)17-4-2-3-5-18(17)25-12-19(24)22-16-8-6-15(20)7-9-16/h2-11,13H,1,12H2,(H,22,24). The van der Waals surface area contributed by atoms with Gasteiger partial charge in [0.25, 0.3) is 5.91 Å². The first-order valence-corrected chi connectivity index (χ1v) is 7.58. The maximum atomic E-state index is 12.9. The summed E-state index contributed by atoms with van der Waals surface area (Å²) in [6.45, 7) is 3.86. The van der Waals surface area contributed by atoms with Crippen LogP contribution in [0.1, 0.15) is 5.56 Å². The fourth-order valence-corrected chi connectivity index (χ4v) is 2.26. The number of hydrogen-bond acceptors (Lipinski definition) is 3. The molecule has 25 heavy (non-hydrogen) atoms. The summed E-state index contributed by atoms with van der Waals surface area (Å²) in [6, 6.07) is 12.8. The highest BCUT2D eigenvalue weighted by Crippen LogP contribution is 2.25. The smallest absolute Gasteiger partial charge is 0.262 e. The molecule has 0 aliphatic heterocycles. The summed E-state index contributed by atoms with van der Waals surface area (Å²) < 4.78 is 20.3. The van der Waals surface area contributed by atoms with E-state index < -0.39 is 0 Å². The molecule has 0 radical (unpaired) electrons. The van der Waals surface area contributed by atoms with Crippen molar-refractivity contribution in [3.05, 3.63) is 85.2 Å². The van der Waals surface area contributed by atoms with E-state index in [0.717, 1.165) is 5.56 Å². The minimum Gasteiger partial charge on any atom is -0.483 e. The summed E-state index contributed by atoms with van der Waals surface area (Å²) in [4.78, 5) is 16.0. The molecule has 126 valence electrons. The van der Waals surface area contributed by atoms with Gasteiger partial charge in [0.1, 0.15) is 11.6 Å². The maximum absolute atomic E-state index is 12.9. The van der Waals surface area contributed by atoms with Crippen molar-refractivity contribution in [2.45, 2.75) is 0 Å². The average Bonchev–Trinajstić information content (AvgIpc) is 3.16. The van der Waals surface area contributed by atoms with Crippen molar-refractivity contribution in [3.8, 4) is 5.75 Å². The Balaban J connectivity index is 1.66. The first kappa shape index (κ1) is 16.4. The third-order valence-electron chi connectivity index (χ3n) is 3.50. The highest BCUT2D eigenvalue weighted by atomic mass is 19.1. The molecule has 2 aromatic carbocycles. The summed E-state index contributed by atoms with van der Waals surface area (Å²) >= 11 is 0. The molecule has 0 unspecified atom stereocenters. The van der Waals surface area contributed by atoms with Crippen molar-refractivity contribution in [1.82, 2.24) is 9.55 Å². The van der Waals surface area contributed by atoms with Crippen molar-refractivity contribution in [2.24, 2.45) is 0 Å². The zero-order valence-corrected chi connectivity index (χ0v) is 13.4. The van der Waals surface area contributed by atoms with Gasteiger partial charge in [0, 0.05) is 23.6 Å². The van der Waals surface area contributed by atoms with Crippen LogP contribution in [0.15, 0.2) is 73.8 Å². The van der Waals surface area contributed by atoms with Crippen molar-refractivity contribution >= 4 is 17.3 Å². The number of rotatable bonds is 6.